The fourth-order valence-corrected chi connectivity index (χ4v) is 3.03. The first kappa shape index (κ1) is 14.0. The average molecular weight is 312 g/mol. The Kier molecular flexibility index (Phi) is 3.61. The lowest BCUT2D eigenvalue weighted by Gasteiger charge is -2.10. The molecule has 2 aromatic heterocycles. The van der Waals surface area contributed by atoms with E-state index in [2.05, 4.69) is 30.0 Å². The molecule has 0 spiro atoms. The van der Waals surface area contributed by atoms with Crippen LogP contribution in [0.15, 0.2) is 24.5 Å². The number of rotatable bonds is 3. The summed E-state index contributed by atoms with van der Waals surface area (Å²) < 4.78 is 16.0. The van der Waals surface area contributed by atoms with Crippen LogP contribution in [-0.4, -0.2) is 24.7 Å². The molecule has 0 fully saturated rings. The van der Waals surface area contributed by atoms with Gasteiger partial charge in [0, 0.05) is 18.4 Å². The second-order valence-corrected chi connectivity index (χ2v) is 5.71. The van der Waals surface area contributed by atoms with Crippen LogP contribution in [0.4, 0.5) is 10.2 Å². The van der Waals surface area contributed by atoms with Gasteiger partial charge in [0.25, 0.3) is 0 Å². The lowest BCUT2D eigenvalue weighted by atomic mass is 10.2. The van der Waals surface area contributed by atoms with E-state index in [1.54, 1.807) is 6.07 Å². The van der Waals surface area contributed by atoms with Crippen molar-refractivity contribution in [1.29, 1.82) is 0 Å². The van der Waals surface area contributed by atoms with Crippen molar-refractivity contribution in [1.82, 2.24) is 24.7 Å². The molecule has 1 aliphatic rings. The maximum Gasteiger partial charge on any atom is 0.152 e. The third-order valence-electron chi connectivity index (χ3n) is 4.22. The number of fused-ring (bicyclic) bond motifs is 2. The molecule has 0 aliphatic carbocycles. The normalized spacial score (nSPS) is 14.5. The zero-order valence-electron chi connectivity index (χ0n) is 12.7. The van der Waals surface area contributed by atoms with Gasteiger partial charge in [-0.15, -0.1) is 10.2 Å². The summed E-state index contributed by atoms with van der Waals surface area (Å²) >= 11 is 0. The van der Waals surface area contributed by atoms with E-state index < -0.39 is 0 Å². The van der Waals surface area contributed by atoms with Crippen LogP contribution in [0.3, 0.4) is 0 Å². The third-order valence-corrected chi connectivity index (χ3v) is 4.22. The smallest absolute Gasteiger partial charge is 0.152 e. The molecule has 0 amide bonds. The van der Waals surface area contributed by atoms with Crippen molar-refractivity contribution in [3.8, 4) is 0 Å². The minimum atomic E-state index is -0.343. The number of aryl methyl sites for hydroxylation is 1. The van der Waals surface area contributed by atoms with Gasteiger partial charge in [-0.05, 0) is 25.0 Å². The van der Waals surface area contributed by atoms with Crippen LogP contribution in [-0.2, 0) is 19.5 Å². The molecule has 3 heterocycles. The van der Waals surface area contributed by atoms with Crippen LogP contribution in [0, 0.1) is 5.82 Å². The standard InChI is InChI=1S/C16H17FN6/c17-12-6-4-5-11-15(12)19-10-20-16(11)18-9-14-22-21-13-7-2-1-3-8-23(13)14/h4-6,10H,1-3,7-9H2,(H,18,19,20). The quantitative estimate of drug-likeness (QED) is 0.805. The molecule has 118 valence electrons. The second kappa shape index (κ2) is 5.91. The van der Waals surface area contributed by atoms with Crippen molar-refractivity contribution in [2.24, 2.45) is 0 Å². The summed E-state index contributed by atoms with van der Waals surface area (Å²) in [5.74, 6) is 2.22. The van der Waals surface area contributed by atoms with Crippen LogP contribution in [0.25, 0.3) is 10.9 Å². The zero-order valence-corrected chi connectivity index (χ0v) is 12.7. The number of para-hydroxylation sites is 1. The maximum absolute atomic E-state index is 13.8. The lowest BCUT2D eigenvalue weighted by Crippen LogP contribution is -2.11. The van der Waals surface area contributed by atoms with Gasteiger partial charge in [-0.3, -0.25) is 0 Å². The van der Waals surface area contributed by atoms with Gasteiger partial charge in [-0.1, -0.05) is 12.5 Å². The monoisotopic (exact) mass is 312 g/mol. The molecule has 1 aromatic carbocycles. The number of nitrogens with zero attached hydrogens (tertiary/aromatic N) is 5. The van der Waals surface area contributed by atoms with Gasteiger partial charge in [-0.2, -0.15) is 0 Å². The molecular weight excluding hydrogens is 295 g/mol. The number of aromatic nitrogens is 5. The van der Waals surface area contributed by atoms with E-state index in [4.69, 9.17) is 0 Å². The summed E-state index contributed by atoms with van der Waals surface area (Å²) in [6.45, 7) is 1.47. The Morgan fingerprint density at radius 2 is 2.09 bits per heavy atom. The van der Waals surface area contributed by atoms with E-state index in [9.17, 15) is 4.39 Å². The van der Waals surface area contributed by atoms with Crippen LogP contribution in [0.2, 0.25) is 0 Å². The maximum atomic E-state index is 13.8. The van der Waals surface area contributed by atoms with Gasteiger partial charge in [0.05, 0.1) is 6.54 Å². The van der Waals surface area contributed by atoms with E-state index in [1.165, 1.54) is 25.2 Å². The summed E-state index contributed by atoms with van der Waals surface area (Å²) in [5.41, 5.74) is 0.324. The summed E-state index contributed by atoms with van der Waals surface area (Å²) in [7, 11) is 0. The summed E-state index contributed by atoms with van der Waals surface area (Å²) in [5, 5.41) is 12.5. The summed E-state index contributed by atoms with van der Waals surface area (Å²) in [6, 6.07) is 4.87. The number of hydrogen-bond donors (Lipinski definition) is 1. The number of nitrogens with one attached hydrogen (secondary N) is 1. The van der Waals surface area contributed by atoms with Crippen LogP contribution in [0.5, 0.6) is 0 Å². The number of anilines is 1. The van der Waals surface area contributed by atoms with Crippen LogP contribution >= 0.6 is 0 Å². The molecule has 0 radical (unpaired) electrons. The highest BCUT2D eigenvalue weighted by Crippen LogP contribution is 2.22. The van der Waals surface area contributed by atoms with E-state index in [-0.39, 0.29) is 5.82 Å². The fourth-order valence-electron chi connectivity index (χ4n) is 3.03. The van der Waals surface area contributed by atoms with Crippen LogP contribution < -0.4 is 5.32 Å². The Bertz CT molecular complexity index is 844. The van der Waals surface area contributed by atoms with Gasteiger partial charge in [0.2, 0.25) is 0 Å². The Morgan fingerprint density at radius 1 is 1.13 bits per heavy atom. The first-order chi connectivity index (χ1) is 11.3. The fraction of sp³-hybridized carbons (Fsp3) is 0.375. The van der Waals surface area contributed by atoms with Crippen LogP contribution in [0.1, 0.15) is 30.9 Å². The number of benzene rings is 1. The van der Waals surface area contributed by atoms with E-state index in [0.717, 1.165) is 31.0 Å². The topological polar surface area (TPSA) is 68.5 Å². The molecule has 4 rings (SSSR count). The molecule has 0 atom stereocenters. The predicted molar refractivity (Wildman–Crippen MR) is 84.4 cm³/mol. The molecule has 0 saturated carbocycles. The lowest BCUT2D eigenvalue weighted by molar-refractivity contribution is 0.610. The second-order valence-electron chi connectivity index (χ2n) is 5.71. The Morgan fingerprint density at radius 3 is 3.04 bits per heavy atom. The molecule has 3 aromatic rings. The molecule has 23 heavy (non-hydrogen) atoms. The first-order valence-corrected chi connectivity index (χ1v) is 7.87. The zero-order chi connectivity index (χ0) is 15.6. The number of hydrogen-bond acceptors (Lipinski definition) is 5. The molecule has 6 nitrogen and oxygen atoms in total. The highest BCUT2D eigenvalue weighted by atomic mass is 19.1. The highest BCUT2D eigenvalue weighted by molar-refractivity contribution is 5.89. The van der Waals surface area contributed by atoms with Gasteiger partial charge in [-0.25, -0.2) is 14.4 Å². The molecular formula is C16H17FN6. The summed E-state index contributed by atoms with van der Waals surface area (Å²) in [4.78, 5) is 8.24. The average Bonchev–Trinajstić information content (AvgIpc) is 2.80. The molecule has 7 heteroatoms. The molecule has 1 aliphatic heterocycles. The Labute approximate surface area is 132 Å². The van der Waals surface area contributed by atoms with Gasteiger partial charge in [0.1, 0.15) is 29.3 Å². The van der Waals surface area contributed by atoms with E-state index in [1.807, 2.05) is 6.07 Å². The molecule has 1 N–H and O–H groups in total. The first-order valence-electron chi connectivity index (χ1n) is 7.87. The van der Waals surface area contributed by atoms with Gasteiger partial charge >= 0.3 is 0 Å². The van der Waals surface area contributed by atoms with Crippen molar-refractivity contribution in [2.45, 2.75) is 38.8 Å². The van der Waals surface area contributed by atoms with Crippen molar-refractivity contribution >= 4 is 16.7 Å². The van der Waals surface area contributed by atoms with Crippen molar-refractivity contribution in [3.63, 3.8) is 0 Å². The van der Waals surface area contributed by atoms with Gasteiger partial charge in [0.15, 0.2) is 5.82 Å². The molecule has 0 saturated heterocycles. The van der Waals surface area contributed by atoms with E-state index >= 15 is 0 Å². The highest BCUT2D eigenvalue weighted by Gasteiger charge is 2.15. The van der Waals surface area contributed by atoms with Gasteiger partial charge < -0.3 is 9.88 Å². The number of halogens is 1. The van der Waals surface area contributed by atoms with Crippen molar-refractivity contribution < 1.29 is 4.39 Å². The molecule has 0 bridgehead atoms. The minimum absolute atomic E-state index is 0.324. The Balaban J connectivity index is 1.61. The largest absolute Gasteiger partial charge is 0.362 e. The third kappa shape index (κ3) is 2.62. The van der Waals surface area contributed by atoms with Crippen molar-refractivity contribution in [3.05, 3.63) is 42.0 Å². The molecule has 0 unspecified atom stereocenters. The van der Waals surface area contributed by atoms with E-state index in [0.29, 0.717) is 23.3 Å². The Hall–Kier alpha value is -2.57. The predicted octanol–water partition coefficient (Wildman–Crippen LogP) is 2.70. The minimum Gasteiger partial charge on any atom is -0.362 e. The SMILES string of the molecule is Fc1cccc2c(NCc3nnc4n3CCCCC4)ncnc12. The summed E-state index contributed by atoms with van der Waals surface area (Å²) in [6.07, 6.45) is 5.90. The van der Waals surface area contributed by atoms with Crippen molar-refractivity contribution in [2.75, 3.05) is 5.32 Å².